The van der Waals surface area contributed by atoms with Crippen LogP contribution in [0.15, 0.2) is 0 Å². The maximum atomic E-state index is 12.1. The van der Waals surface area contributed by atoms with Crippen molar-refractivity contribution < 1.29 is 24.2 Å². The fourth-order valence-corrected chi connectivity index (χ4v) is 2.86. The van der Waals surface area contributed by atoms with Crippen LogP contribution in [0.3, 0.4) is 0 Å². The van der Waals surface area contributed by atoms with Crippen molar-refractivity contribution >= 4 is 12.0 Å². The van der Waals surface area contributed by atoms with Gasteiger partial charge in [0.2, 0.25) is 5.91 Å². The van der Waals surface area contributed by atoms with Crippen LogP contribution < -0.4 is 0 Å². The highest BCUT2D eigenvalue weighted by molar-refractivity contribution is 5.75. The molecule has 7 nitrogen and oxygen atoms in total. The molecule has 25 heavy (non-hydrogen) atoms. The molecule has 1 N–H and O–H groups in total. The molecule has 1 aliphatic rings. The molecule has 0 aromatic heterocycles. The average molecular weight is 358 g/mol. The van der Waals surface area contributed by atoms with Gasteiger partial charge in [-0.1, -0.05) is 0 Å². The number of nitrogens with zero attached hydrogens (tertiary/aromatic N) is 2. The van der Waals surface area contributed by atoms with Crippen LogP contribution in [-0.4, -0.2) is 78.5 Å². The van der Waals surface area contributed by atoms with Crippen LogP contribution in [0.25, 0.3) is 0 Å². The van der Waals surface area contributed by atoms with Gasteiger partial charge in [0.05, 0.1) is 25.7 Å². The predicted molar refractivity (Wildman–Crippen MR) is 95.3 cm³/mol. The number of likely N-dealkylation sites (N-methyl/N-ethyl adjacent to an activating group) is 1. The lowest BCUT2D eigenvalue weighted by Gasteiger charge is -2.35. The molecule has 1 aliphatic carbocycles. The van der Waals surface area contributed by atoms with Crippen LogP contribution in [-0.2, 0) is 14.3 Å². The van der Waals surface area contributed by atoms with Crippen molar-refractivity contribution in [1.82, 2.24) is 9.80 Å². The Bertz CT molecular complexity index is 428. The minimum atomic E-state index is -0.485. The summed E-state index contributed by atoms with van der Waals surface area (Å²) in [6, 6.07) is 0.173. The molecule has 146 valence electrons. The van der Waals surface area contributed by atoms with E-state index >= 15 is 0 Å². The van der Waals surface area contributed by atoms with Crippen LogP contribution in [0.5, 0.6) is 0 Å². The van der Waals surface area contributed by atoms with E-state index in [0.717, 1.165) is 25.7 Å². The van der Waals surface area contributed by atoms with Crippen LogP contribution >= 0.6 is 0 Å². The zero-order valence-electron chi connectivity index (χ0n) is 16.3. The van der Waals surface area contributed by atoms with E-state index in [0.29, 0.717) is 19.6 Å². The molecule has 7 heteroatoms. The van der Waals surface area contributed by atoms with Gasteiger partial charge in [-0.25, -0.2) is 4.79 Å². The largest absolute Gasteiger partial charge is 0.444 e. The fraction of sp³-hybridized carbons (Fsp3) is 0.889. The van der Waals surface area contributed by atoms with Gasteiger partial charge in [-0.2, -0.15) is 0 Å². The number of rotatable bonds is 7. The third-order valence-corrected chi connectivity index (χ3v) is 4.40. The Morgan fingerprint density at radius 1 is 1.12 bits per heavy atom. The number of ether oxygens (including phenoxy) is 2. The summed E-state index contributed by atoms with van der Waals surface area (Å²) in [5.41, 5.74) is -0.485. The van der Waals surface area contributed by atoms with Gasteiger partial charge in [-0.3, -0.25) is 4.79 Å². The van der Waals surface area contributed by atoms with Crippen molar-refractivity contribution in [3.8, 4) is 0 Å². The van der Waals surface area contributed by atoms with E-state index in [1.807, 2.05) is 20.8 Å². The SMILES string of the molecule is CN(CCO)C(=O)CCO[C@H]1CC[C@H](N(C)C(=O)OC(C)(C)C)CC1. The summed E-state index contributed by atoms with van der Waals surface area (Å²) in [4.78, 5) is 27.1. The van der Waals surface area contributed by atoms with E-state index < -0.39 is 5.60 Å². The minimum Gasteiger partial charge on any atom is -0.444 e. The molecule has 0 spiro atoms. The van der Waals surface area contributed by atoms with Gasteiger partial charge in [0.15, 0.2) is 0 Å². The first-order valence-electron chi connectivity index (χ1n) is 9.06. The van der Waals surface area contributed by atoms with Crippen LogP contribution in [0, 0.1) is 0 Å². The minimum absolute atomic E-state index is 0.0209. The number of aliphatic hydroxyl groups excluding tert-OH is 1. The van der Waals surface area contributed by atoms with Gasteiger partial charge in [0.1, 0.15) is 5.60 Å². The van der Waals surface area contributed by atoms with Gasteiger partial charge < -0.3 is 24.4 Å². The first kappa shape index (κ1) is 21.7. The van der Waals surface area contributed by atoms with E-state index in [9.17, 15) is 9.59 Å². The van der Waals surface area contributed by atoms with Crippen molar-refractivity contribution in [3.05, 3.63) is 0 Å². The molecule has 0 radical (unpaired) electrons. The number of amides is 2. The van der Waals surface area contributed by atoms with Gasteiger partial charge >= 0.3 is 6.09 Å². The predicted octanol–water partition coefficient (Wildman–Crippen LogP) is 2.02. The molecule has 1 fully saturated rings. The first-order chi connectivity index (χ1) is 11.6. The molecule has 0 unspecified atom stereocenters. The zero-order valence-corrected chi connectivity index (χ0v) is 16.3. The molecule has 2 amide bonds. The van der Waals surface area contributed by atoms with Crippen molar-refractivity contribution in [2.24, 2.45) is 0 Å². The van der Waals surface area contributed by atoms with Crippen LogP contribution in [0.1, 0.15) is 52.9 Å². The van der Waals surface area contributed by atoms with Crippen molar-refractivity contribution in [2.75, 3.05) is 33.9 Å². The van der Waals surface area contributed by atoms with Gasteiger partial charge in [-0.05, 0) is 46.5 Å². The highest BCUT2D eigenvalue weighted by Crippen LogP contribution is 2.25. The Morgan fingerprint density at radius 2 is 1.72 bits per heavy atom. The number of hydrogen-bond acceptors (Lipinski definition) is 5. The maximum Gasteiger partial charge on any atom is 0.410 e. The summed E-state index contributed by atoms with van der Waals surface area (Å²) < 4.78 is 11.2. The molecule has 0 bridgehead atoms. The number of carbonyl (C=O) groups excluding carboxylic acids is 2. The summed E-state index contributed by atoms with van der Waals surface area (Å²) in [5, 5.41) is 8.82. The molecule has 0 aromatic rings. The lowest BCUT2D eigenvalue weighted by Crippen LogP contribution is -2.43. The normalized spacial score (nSPS) is 20.9. The highest BCUT2D eigenvalue weighted by Gasteiger charge is 2.29. The van der Waals surface area contributed by atoms with Crippen LogP contribution in [0.2, 0.25) is 0 Å². The molecular formula is C18H34N2O5. The van der Waals surface area contributed by atoms with E-state index in [2.05, 4.69) is 0 Å². The number of aliphatic hydroxyl groups is 1. The highest BCUT2D eigenvalue weighted by atomic mass is 16.6. The lowest BCUT2D eigenvalue weighted by atomic mass is 9.92. The van der Waals surface area contributed by atoms with Gasteiger partial charge in [0, 0.05) is 26.7 Å². The smallest absolute Gasteiger partial charge is 0.410 e. The summed E-state index contributed by atoms with van der Waals surface area (Å²) in [7, 11) is 3.46. The van der Waals surface area contributed by atoms with Crippen molar-refractivity contribution in [1.29, 1.82) is 0 Å². The van der Waals surface area contributed by atoms with Gasteiger partial charge in [-0.15, -0.1) is 0 Å². The van der Waals surface area contributed by atoms with Gasteiger partial charge in [0.25, 0.3) is 0 Å². The second kappa shape index (κ2) is 9.97. The third kappa shape index (κ3) is 8.05. The van der Waals surface area contributed by atoms with E-state index in [-0.39, 0.29) is 30.8 Å². The first-order valence-corrected chi connectivity index (χ1v) is 9.06. The Hall–Kier alpha value is -1.34. The second-order valence-corrected chi connectivity index (χ2v) is 7.68. The van der Waals surface area contributed by atoms with Crippen molar-refractivity contribution in [3.63, 3.8) is 0 Å². The third-order valence-electron chi connectivity index (χ3n) is 4.40. The molecule has 0 aliphatic heterocycles. The average Bonchev–Trinajstić information content (AvgIpc) is 2.53. The Morgan fingerprint density at radius 3 is 2.24 bits per heavy atom. The standard InChI is InChI=1S/C18H34N2O5/c1-18(2,3)25-17(23)20(5)14-6-8-15(9-7-14)24-13-10-16(22)19(4)11-12-21/h14-15,21H,6-13H2,1-5H3/t14-,15-. The quantitative estimate of drug-likeness (QED) is 0.753. The Balaban J connectivity index is 2.27. The zero-order chi connectivity index (χ0) is 19.0. The molecule has 1 rings (SSSR count). The molecule has 0 heterocycles. The Labute approximate surface area is 151 Å². The van der Waals surface area contributed by atoms with E-state index in [1.54, 1.807) is 19.0 Å². The maximum absolute atomic E-state index is 12.1. The summed E-state index contributed by atoms with van der Waals surface area (Å²) in [5.74, 6) is -0.0209. The lowest BCUT2D eigenvalue weighted by molar-refractivity contribution is -0.132. The molecule has 0 atom stereocenters. The number of carbonyl (C=O) groups is 2. The van der Waals surface area contributed by atoms with E-state index in [1.165, 1.54) is 4.90 Å². The fourth-order valence-electron chi connectivity index (χ4n) is 2.86. The van der Waals surface area contributed by atoms with Crippen LogP contribution in [0.4, 0.5) is 4.79 Å². The van der Waals surface area contributed by atoms with E-state index in [4.69, 9.17) is 14.6 Å². The topological polar surface area (TPSA) is 79.3 Å². The summed E-state index contributed by atoms with van der Waals surface area (Å²) in [6.07, 6.45) is 3.68. The molecule has 0 saturated heterocycles. The second-order valence-electron chi connectivity index (χ2n) is 7.68. The molecule has 1 saturated carbocycles. The molecular weight excluding hydrogens is 324 g/mol. The molecule has 0 aromatic carbocycles. The number of hydrogen-bond donors (Lipinski definition) is 1. The summed E-state index contributed by atoms with van der Waals surface area (Å²) in [6.45, 7) is 6.30. The van der Waals surface area contributed by atoms with Crippen molar-refractivity contribution in [2.45, 2.75) is 70.6 Å². The monoisotopic (exact) mass is 358 g/mol. The Kier molecular flexibility index (Phi) is 8.65. The summed E-state index contributed by atoms with van der Waals surface area (Å²) >= 11 is 0.